The van der Waals surface area contributed by atoms with Gasteiger partial charge in [0.15, 0.2) is 0 Å². The lowest BCUT2D eigenvalue weighted by Gasteiger charge is -2.07. The maximum absolute atomic E-state index is 12.2. The van der Waals surface area contributed by atoms with Crippen molar-refractivity contribution >= 4 is 23.5 Å². The summed E-state index contributed by atoms with van der Waals surface area (Å²) in [5.41, 5.74) is 2.74. The van der Waals surface area contributed by atoms with E-state index in [0.717, 1.165) is 27.6 Å². The maximum atomic E-state index is 12.2. The minimum Gasteiger partial charge on any atom is -0.487 e. The normalized spacial score (nSPS) is 11.4. The highest BCUT2D eigenvalue weighted by atomic mass is 32.1. The van der Waals surface area contributed by atoms with Gasteiger partial charge in [0.1, 0.15) is 23.1 Å². The van der Waals surface area contributed by atoms with Crippen LogP contribution >= 0.6 is 11.3 Å². The van der Waals surface area contributed by atoms with Crippen molar-refractivity contribution in [1.82, 2.24) is 20.0 Å². The van der Waals surface area contributed by atoms with Gasteiger partial charge in [-0.15, -0.1) is 16.4 Å². The molecule has 0 saturated carbocycles. The monoisotopic (exact) mass is 484 g/mol. The lowest BCUT2D eigenvalue weighted by atomic mass is 10.2. The Labute approximate surface area is 199 Å². The average Bonchev–Trinajstić information content (AvgIpc) is 3.53. The summed E-state index contributed by atoms with van der Waals surface area (Å²) in [6, 6.07) is 14.2. The molecule has 10 heteroatoms. The Morgan fingerprint density at radius 2 is 1.76 bits per heavy atom. The highest BCUT2D eigenvalue weighted by Gasteiger charge is 2.04. The van der Waals surface area contributed by atoms with Crippen molar-refractivity contribution in [2.24, 2.45) is 0 Å². The van der Waals surface area contributed by atoms with Crippen LogP contribution in [0.2, 0.25) is 0 Å². The van der Waals surface area contributed by atoms with Crippen LogP contribution in [0.5, 0.6) is 11.5 Å². The molecule has 2 aromatic carbocycles. The molecule has 4 aromatic rings. The molecule has 2 heterocycles. The first-order chi connectivity index (χ1) is 16.6. The van der Waals surface area contributed by atoms with Gasteiger partial charge in [0.05, 0.1) is 31.6 Å². The molecule has 4 rings (SSSR count). The fourth-order valence-electron chi connectivity index (χ4n) is 2.93. The van der Waals surface area contributed by atoms with Crippen LogP contribution in [0.4, 0.5) is 8.78 Å². The van der Waals surface area contributed by atoms with E-state index in [4.69, 9.17) is 9.47 Å². The largest absolute Gasteiger partial charge is 0.487 e. The molecule has 0 N–H and O–H groups in total. The second kappa shape index (κ2) is 12.0. The number of aromatic nitrogens is 4. The zero-order valence-corrected chi connectivity index (χ0v) is 18.9. The summed E-state index contributed by atoms with van der Waals surface area (Å²) in [5, 5.41) is 10.4. The molecule has 34 heavy (non-hydrogen) atoms. The molecule has 0 amide bonds. The van der Waals surface area contributed by atoms with Gasteiger partial charge in [-0.25, -0.2) is 4.98 Å². The molecule has 0 fully saturated rings. The van der Waals surface area contributed by atoms with Gasteiger partial charge in [0.2, 0.25) is 0 Å². The minimum atomic E-state index is -2.83. The molecule has 0 atom stereocenters. The lowest BCUT2D eigenvalue weighted by Crippen LogP contribution is -2.06. The van der Waals surface area contributed by atoms with Crippen LogP contribution in [0.1, 0.15) is 21.8 Å². The summed E-state index contributed by atoms with van der Waals surface area (Å²) >= 11 is 1.50. The van der Waals surface area contributed by atoms with E-state index in [9.17, 15) is 8.78 Å². The third-order valence-corrected chi connectivity index (χ3v) is 5.47. The molecule has 2 aromatic heterocycles. The number of hydrogen-bond donors (Lipinski definition) is 0. The van der Waals surface area contributed by atoms with Crippen molar-refractivity contribution in [1.29, 1.82) is 0 Å². The predicted octanol–water partition coefficient (Wildman–Crippen LogP) is 5.30. The Hall–Kier alpha value is -3.63. The zero-order valence-electron chi connectivity index (χ0n) is 18.1. The van der Waals surface area contributed by atoms with Gasteiger partial charge in [0, 0.05) is 11.6 Å². The van der Waals surface area contributed by atoms with Gasteiger partial charge in [-0.2, -0.15) is 8.78 Å². The Bertz CT molecular complexity index is 1160. The van der Waals surface area contributed by atoms with E-state index in [0.29, 0.717) is 26.4 Å². The molecule has 0 radical (unpaired) electrons. The average molecular weight is 485 g/mol. The Morgan fingerprint density at radius 3 is 2.50 bits per heavy atom. The van der Waals surface area contributed by atoms with Crippen LogP contribution in [0, 0.1) is 0 Å². The zero-order chi connectivity index (χ0) is 23.6. The smallest absolute Gasteiger partial charge is 0.387 e. The number of nitrogens with zero attached hydrogens (tertiary/aromatic N) is 4. The van der Waals surface area contributed by atoms with E-state index in [1.165, 1.54) is 23.5 Å². The summed E-state index contributed by atoms with van der Waals surface area (Å²) < 4.78 is 42.0. The standard InChI is InChI=1S/C24H22F2N4O3S/c25-24(26)33-22-8-1-18(2-9-22)5-10-23-28-20(17-34-23)16-32-21-6-3-19(4-7-21)15-31-14-13-30-12-11-27-29-30/h1-12,17,24H,13-16H2/b10-5+. The molecule has 0 saturated heterocycles. The quantitative estimate of drug-likeness (QED) is 0.254. The molecule has 0 bridgehead atoms. The number of benzene rings is 2. The lowest BCUT2D eigenvalue weighted by molar-refractivity contribution is -0.0498. The van der Waals surface area contributed by atoms with Crippen molar-refractivity contribution in [3.63, 3.8) is 0 Å². The molecular weight excluding hydrogens is 462 g/mol. The molecule has 7 nitrogen and oxygen atoms in total. The number of halogens is 2. The summed E-state index contributed by atoms with van der Waals surface area (Å²) in [4.78, 5) is 4.54. The first-order valence-corrected chi connectivity index (χ1v) is 11.3. The van der Waals surface area contributed by atoms with Gasteiger partial charge >= 0.3 is 6.61 Å². The van der Waals surface area contributed by atoms with Crippen LogP contribution in [0.25, 0.3) is 12.2 Å². The minimum absolute atomic E-state index is 0.129. The van der Waals surface area contributed by atoms with Crippen LogP contribution in [-0.4, -0.2) is 33.2 Å². The SMILES string of the molecule is FC(F)Oc1ccc(/C=C/c2nc(COc3ccc(COCCn4ccnn4)cc3)cs2)cc1. The first kappa shape index (κ1) is 23.5. The fourth-order valence-corrected chi connectivity index (χ4v) is 3.63. The number of rotatable bonds is 12. The molecular formula is C24H22F2N4O3S. The third kappa shape index (κ3) is 7.46. The number of hydrogen-bond acceptors (Lipinski definition) is 7. The molecule has 0 aliphatic rings. The highest BCUT2D eigenvalue weighted by molar-refractivity contribution is 7.10. The number of alkyl halides is 2. The first-order valence-electron chi connectivity index (χ1n) is 10.4. The van der Waals surface area contributed by atoms with Gasteiger partial charge in [-0.3, -0.25) is 4.68 Å². The maximum Gasteiger partial charge on any atom is 0.387 e. The fraction of sp³-hybridized carbons (Fsp3) is 0.208. The van der Waals surface area contributed by atoms with Gasteiger partial charge in [-0.05, 0) is 41.5 Å². The van der Waals surface area contributed by atoms with Gasteiger partial charge in [-0.1, -0.05) is 35.6 Å². The number of thiazole rings is 1. The van der Waals surface area contributed by atoms with Crippen molar-refractivity contribution in [2.75, 3.05) is 6.61 Å². The van der Waals surface area contributed by atoms with Crippen LogP contribution in [0.15, 0.2) is 66.3 Å². The summed E-state index contributed by atoms with van der Waals surface area (Å²) in [6.07, 6.45) is 7.17. The molecule has 0 aliphatic heterocycles. The van der Waals surface area contributed by atoms with E-state index in [2.05, 4.69) is 20.0 Å². The summed E-state index contributed by atoms with van der Waals surface area (Å²) in [5.74, 6) is 0.882. The molecule has 176 valence electrons. The summed E-state index contributed by atoms with van der Waals surface area (Å²) in [7, 11) is 0. The molecule has 0 aliphatic carbocycles. The molecule has 0 unspecified atom stereocenters. The van der Waals surface area contributed by atoms with Gasteiger partial charge < -0.3 is 14.2 Å². The predicted molar refractivity (Wildman–Crippen MR) is 125 cm³/mol. The van der Waals surface area contributed by atoms with Crippen LogP contribution < -0.4 is 9.47 Å². The van der Waals surface area contributed by atoms with E-state index in [1.807, 2.05) is 41.8 Å². The topological polar surface area (TPSA) is 71.3 Å². The van der Waals surface area contributed by atoms with E-state index < -0.39 is 6.61 Å². The van der Waals surface area contributed by atoms with E-state index in [1.54, 1.807) is 29.2 Å². The highest BCUT2D eigenvalue weighted by Crippen LogP contribution is 2.19. The molecule has 0 spiro atoms. The van der Waals surface area contributed by atoms with Crippen LogP contribution in [-0.2, 0) is 24.5 Å². The number of ether oxygens (including phenoxy) is 3. The van der Waals surface area contributed by atoms with Crippen molar-refractivity contribution in [3.8, 4) is 11.5 Å². The van der Waals surface area contributed by atoms with Crippen molar-refractivity contribution < 1.29 is 23.0 Å². The second-order valence-electron chi connectivity index (χ2n) is 7.11. The summed E-state index contributed by atoms with van der Waals surface area (Å²) in [6.45, 7) is -0.739. The van der Waals surface area contributed by atoms with Crippen molar-refractivity contribution in [2.45, 2.75) is 26.4 Å². The Morgan fingerprint density at radius 1 is 0.971 bits per heavy atom. The Kier molecular flexibility index (Phi) is 8.31. The Balaban J connectivity index is 1.20. The third-order valence-electron chi connectivity index (χ3n) is 4.61. The van der Waals surface area contributed by atoms with Crippen LogP contribution in [0.3, 0.4) is 0 Å². The van der Waals surface area contributed by atoms with Crippen molar-refractivity contribution in [3.05, 3.63) is 88.1 Å². The second-order valence-corrected chi connectivity index (χ2v) is 8.00. The van der Waals surface area contributed by atoms with E-state index >= 15 is 0 Å². The van der Waals surface area contributed by atoms with E-state index in [-0.39, 0.29) is 5.75 Å². The van der Waals surface area contributed by atoms with Gasteiger partial charge in [0.25, 0.3) is 0 Å².